The lowest BCUT2D eigenvalue weighted by Gasteiger charge is -2.14. The van der Waals surface area contributed by atoms with Crippen LogP contribution in [0, 0.1) is 11.3 Å². The molecule has 11 nitrogen and oxygen atoms in total. The lowest BCUT2D eigenvalue weighted by Crippen LogP contribution is -2.46. The number of fused-ring (bicyclic) bond motifs is 2. The molecule has 0 aliphatic heterocycles. The van der Waals surface area contributed by atoms with Crippen LogP contribution in [0.2, 0.25) is 0 Å². The maximum absolute atomic E-state index is 12.4. The van der Waals surface area contributed by atoms with Crippen LogP contribution in [0.3, 0.4) is 0 Å². The summed E-state index contributed by atoms with van der Waals surface area (Å²) in [4.78, 5) is 39.7. The maximum atomic E-state index is 12.4. The number of carbonyl (C=O) groups is 3. The van der Waals surface area contributed by atoms with Gasteiger partial charge in [-0.3, -0.25) is 14.6 Å². The normalized spacial score (nSPS) is 11.5. The molecule has 0 spiro atoms. The fourth-order valence-corrected chi connectivity index (χ4v) is 3.60. The Bertz CT molecular complexity index is 1300. The van der Waals surface area contributed by atoms with Gasteiger partial charge in [0, 0.05) is 23.5 Å². The minimum absolute atomic E-state index is 0.0953. The second-order valence-corrected chi connectivity index (χ2v) is 7.69. The molecule has 0 saturated carbocycles. The summed E-state index contributed by atoms with van der Waals surface area (Å²) in [5.41, 5.74) is 10.8. The van der Waals surface area contributed by atoms with Crippen molar-refractivity contribution in [1.82, 2.24) is 15.2 Å². The highest BCUT2D eigenvalue weighted by molar-refractivity contribution is 6.00. The van der Waals surface area contributed by atoms with Crippen LogP contribution < -0.4 is 22.1 Å². The van der Waals surface area contributed by atoms with E-state index in [4.69, 9.17) is 11.5 Å². The van der Waals surface area contributed by atoms with Crippen LogP contribution in [0.15, 0.2) is 47.6 Å². The third kappa shape index (κ3) is 6.01. The van der Waals surface area contributed by atoms with Gasteiger partial charge in [-0.05, 0) is 35.7 Å². The third-order valence-corrected chi connectivity index (χ3v) is 5.20. The summed E-state index contributed by atoms with van der Waals surface area (Å²) in [6.45, 7) is -0.328. The van der Waals surface area contributed by atoms with Gasteiger partial charge in [-0.1, -0.05) is 24.3 Å². The molecule has 176 valence electrons. The van der Waals surface area contributed by atoms with E-state index in [0.717, 1.165) is 21.5 Å². The molecular weight excluding hydrogens is 438 g/mol. The van der Waals surface area contributed by atoms with E-state index >= 15 is 0 Å². The number of aliphatic carboxylic acids is 1. The average Bonchev–Trinajstić information content (AvgIpc) is 3.13. The van der Waals surface area contributed by atoms with Crippen molar-refractivity contribution in [3.8, 4) is 6.07 Å². The number of carbonyl (C=O) groups excluding carboxylic acids is 2. The Morgan fingerprint density at radius 3 is 2.47 bits per heavy atom. The zero-order valence-electron chi connectivity index (χ0n) is 18.3. The molecule has 0 fully saturated rings. The van der Waals surface area contributed by atoms with Crippen molar-refractivity contribution in [2.24, 2.45) is 16.5 Å². The van der Waals surface area contributed by atoms with Crippen molar-refractivity contribution in [3.05, 3.63) is 48.3 Å². The largest absolute Gasteiger partial charge is 0.480 e. The molecule has 3 rings (SSSR count). The second kappa shape index (κ2) is 10.8. The number of benzene rings is 2. The van der Waals surface area contributed by atoms with E-state index in [9.17, 15) is 24.8 Å². The fourth-order valence-electron chi connectivity index (χ4n) is 3.60. The van der Waals surface area contributed by atoms with E-state index in [1.807, 2.05) is 36.4 Å². The average molecular weight is 463 g/mol. The summed E-state index contributed by atoms with van der Waals surface area (Å²) in [6, 6.07) is 12.6. The first kappa shape index (κ1) is 24.1. The van der Waals surface area contributed by atoms with Gasteiger partial charge in [0.05, 0.1) is 6.54 Å². The number of carboxylic acid groups (broad SMARTS) is 1. The van der Waals surface area contributed by atoms with E-state index in [0.29, 0.717) is 12.1 Å². The van der Waals surface area contributed by atoms with E-state index in [1.165, 1.54) is 4.57 Å². The molecule has 1 aromatic heterocycles. The summed E-state index contributed by atoms with van der Waals surface area (Å²) in [7, 11) is 0. The number of aromatic nitrogens is 1. The van der Waals surface area contributed by atoms with Gasteiger partial charge in [-0.2, -0.15) is 5.26 Å². The molecule has 0 aliphatic rings. The van der Waals surface area contributed by atoms with E-state index < -0.39 is 30.4 Å². The summed E-state index contributed by atoms with van der Waals surface area (Å²) < 4.78 is 1.53. The minimum Gasteiger partial charge on any atom is -0.480 e. The zero-order valence-corrected chi connectivity index (χ0v) is 18.3. The molecule has 3 aromatic rings. The highest BCUT2D eigenvalue weighted by Gasteiger charge is 2.20. The number of carboxylic acids is 1. The van der Waals surface area contributed by atoms with Crippen molar-refractivity contribution >= 4 is 45.3 Å². The van der Waals surface area contributed by atoms with E-state index in [2.05, 4.69) is 21.7 Å². The second-order valence-electron chi connectivity index (χ2n) is 7.69. The van der Waals surface area contributed by atoms with Crippen LogP contribution in [0.25, 0.3) is 21.5 Å². The lowest BCUT2D eigenvalue weighted by atomic mass is 10.1. The van der Waals surface area contributed by atoms with Crippen LogP contribution in [0.4, 0.5) is 0 Å². The van der Waals surface area contributed by atoms with Gasteiger partial charge in [0.2, 0.25) is 11.8 Å². The Hall–Kier alpha value is -4.59. The molecule has 2 aromatic carbocycles. The summed E-state index contributed by atoms with van der Waals surface area (Å²) in [5, 5.41) is 27.3. The van der Waals surface area contributed by atoms with Gasteiger partial charge < -0.3 is 31.8 Å². The molecule has 2 amide bonds. The van der Waals surface area contributed by atoms with Crippen molar-refractivity contribution in [2.45, 2.75) is 25.4 Å². The van der Waals surface area contributed by atoms with E-state index in [-0.39, 0.29) is 25.5 Å². The zero-order chi connectivity index (χ0) is 24.7. The predicted molar refractivity (Wildman–Crippen MR) is 127 cm³/mol. The predicted octanol–water partition coefficient (Wildman–Crippen LogP) is 0.405. The Labute approximate surface area is 195 Å². The van der Waals surface area contributed by atoms with Crippen LogP contribution >= 0.6 is 0 Å². The molecule has 0 radical (unpaired) electrons. The van der Waals surface area contributed by atoms with Gasteiger partial charge >= 0.3 is 5.97 Å². The standard InChI is InChI=1S/C23H25N7O4/c24-10-19-17-9-15-5-2-1-4-14(15)8-16(17)12-30(19)13-21(32)28-11-20(31)29-18(22(33)34)6-3-7-27-23(25)26/h1-2,4-5,8-9,12,18H,3,6-7,11,13H2,(H,28,32)(H,29,31)(H,33,34)(H4,25,26,27)/t18-/m0/s1. The number of amides is 2. The highest BCUT2D eigenvalue weighted by Crippen LogP contribution is 2.26. The molecule has 7 N–H and O–H groups in total. The SMILES string of the molecule is N#Cc1c2cc3ccccc3cc2cn1CC(=O)NCC(=O)N[C@@H](CCCN=C(N)N)C(=O)O. The third-order valence-electron chi connectivity index (χ3n) is 5.20. The molecule has 1 atom stereocenters. The number of nitriles is 1. The number of hydrogen-bond donors (Lipinski definition) is 5. The molecular formula is C23H25N7O4. The van der Waals surface area contributed by atoms with Crippen molar-refractivity contribution in [3.63, 3.8) is 0 Å². The number of nitrogens with two attached hydrogens (primary N) is 2. The van der Waals surface area contributed by atoms with Crippen molar-refractivity contribution in [2.75, 3.05) is 13.1 Å². The number of hydrogen-bond acceptors (Lipinski definition) is 5. The molecule has 11 heteroatoms. The van der Waals surface area contributed by atoms with Crippen molar-refractivity contribution in [1.29, 1.82) is 5.26 Å². The Morgan fingerprint density at radius 1 is 1.12 bits per heavy atom. The van der Waals surface area contributed by atoms with Crippen LogP contribution in [0.5, 0.6) is 0 Å². The summed E-state index contributed by atoms with van der Waals surface area (Å²) in [5.74, 6) is -2.43. The Morgan fingerprint density at radius 2 is 1.82 bits per heavy atom. The number of guanidine groups is 1. The van der Waals surface area contributed by atoms with Gasteiger partial charge in [0.25, 0.3) is 0 Å². The molecule has 1 heterocycles. The van der Waals surface area contributed by atoms with Crippen LogP contribution in [-0.4, -0.2) is 52.5 Å². The molecule has 0 aliphatic carbocycles. The minimum atomic E-state index is -1.20. The van der Waals surface area contributed by atoms with E-state index in [1.54, 1.807) is 6.20 Å². The first-order valence-electron chi connectivity index (χ1n) is 10.5. The fraction of sp³-hybridized carbons (Fsp3) is 0.261. The lowest BCUT2D eigenvalue weighted by molar-refractivity contribution is -0.141. The number of rotatable bonds is 10. The Balaban J connectivity index is 1.59. The maximum Gasteiger partial charge on any atom is 0.326 e. The molecule has 34 heavy (non-hydrogen) atoms. The van der Waals surface area contributed by atoms with Crippen molar-refractivity contribution < 1.29 is 19.5 Å². The number of aliphatic imine (C=N–C) groups is 1. The number of nitrogens with one attached hydrogen (secondary N) is 2. The van der Waals surface area contributed by atoms with Gasteiger partial charge in [0.15, 0.2) is 5.96 Å². The molecule has 0 unspecified atom stereocenters. The smallest absolute Gasteiger partial charge is 0.326 e. The summed E-state index contributed by atoms with van der Waals surface area (Å²) in [6.07, 6.45) is 2.20. The van der Waals surface area contributed by atoms with Gasteiger partial charge in [-0.15, -0.1) is 0 Å². The summed E-state index contributed by atoms with van der Waals surface area (Å²) >= 11 is 0. The topological polar surface area (TPSA) is 189 Å². The monoisotopic (exact) mass is 463 g/mol. The van der Waals surface area contributed by atoms with Gasteiger partial charge in [-0.25, -0.2) is 4.79 Å². The molecule has 0 bridgehead atoms. The van der Waals surface area contributed by atoms with Gasteiger partial charge in [0.1, 0.15) is 24.3 Å². The first-order chi connectivity index (χ1) is 16.3. The Kier molecular flexibility index (Phi) is 7.66. The van der Waals surface area contributed by atoms with Crippen LogP contribution in [0.1, 0.15) is 18.5 Å². The van der Waals surface area contributed by atoms with Crippen LogP contribution in [-0.2, 0) is 20.9 Å². The molecule has 0 saturated heterocycles. The first-order valence-corrected chi connectivity index (χ1v) is 10.5. The number of nitrogens with zero attached hydrogens (tertiary/aromatic N) is 3. The quantitative estimate of drug-likeness (QED) is 0.163. The highest BCUT2D eigenvalue weighted by atomic mass is 16.4.